The van der Waals surface area contributed by atoms with Crippen LogP contribution in [0, 0.1) is 0 Å². The standard InChI is InChI=1S/C14H18ClN3O2S/c1-8(6-14(2,3)21(16)20)11-5-9-4-10(15)7-17-12(9)18-13(11)19/h4-5,7-8H,6,16H2,1-3H3,(H,17,18,19)/t8-,21?/m0/s1. The molecule has 0 aliphatic rings. The Morgan fingerprint density at radius 3 is 2.76 bits per heavy atom. The van der Waals surface area contributed by atoms with Gasteiger partial charge < -0.3 is 4.98 Å². The van der Waals surface area contributed by atoms with Gasteiger partial charge in [-0.3, -0.25) is 9.93 Å². The van der Waals surface area contributed by atoms with E-state index >= 15 is 0 Å². The SMILES string of the molecule is C[C@@H](CC(C)(C)S(N)=O)c1cc2cc(Cl)cnc2[nH]c1=O. The Hall–Kier alpha value is -1.24. The van der Waals surface area contributed by atoms with Gasteiger partial charge >= 0.3 is 0 Å². The van der Waals surface area contributed by atoms with Crippen LogP contribution in [0.2, 0.25) is 5.02 Å². The third-order valence-electron chi connectivity index (χ3n) is 3.56. The molecule has 0 saturated carbocycles. The summed E-state index contributed by atoms with van der Waals surface area (Å²) in [4.78, 5) is 19.0. The fourth-order valence-electron chi connectivity index (χ4n) is 2.38. The van der Waals surface area contributed by atoms with Crippen molar-refractivity contribution in [2.24, 2.45) is 5.14 Å². The van der Waals surface area contributed by atoms with E-state index in [2.05, 4.69) is 9.97 Å². The van der Waals surface area contributed by atoms with Gasteiger partial charge in [0.15, 0.2) is 0 Å². The van der Waals surface area contributed by atoms with Crippen molar-refractivity contribution in [3.63, 3.8) is 0 Å². The zero-order valence-corrected chi connectivity index (χ0v) is 13.7. The lowest BCUT2D eigenvalue weighted by Crippen LogP contribution is -2.34. The number of nitrogens with zero attached hydrogens (tertiary/aromatic N) is 1. The molecule has 2 aromatic heterocycles. The topological polar surface area (TPSA) is 88.8 Å². The molecule has 1 unspecified atom stereocenters. The number of hydrogen-bond acceptors (Lipinski definition) is 3. The molecular weight excluding hydrogens is 310 g/mol. The number of aromatic amines is 1. The van der Waals surface area contributed by atoms with Crippen LogP contribution in [0.15, 0.2) is 23.1 Å². The predicted octanol–water partition coefficient (Wildman–Crippen LogP) is 2.47. The van der Waals surface area contributed by atoms with Gasteiger partial charge in [0.25, 0.3) is 5.56 Å². The Balaban J connectivity index is 2.43. The van der Waals surface area contributed by atoms with Gasteiger partial charge in [-0.2, -0.15) is 0 Å². The van der Waals surface area contributed by atoms with Crippen molar-refractivity contribution in [1.82, 2.24) is 9.97 Å². The Labute approximate surface area is 130 Å². The van der Waals surface area contributed by atoms with Gasteiger partial charge in [0.05, 0.1) is 20.8 Å². The van der Waals surface area contributed by atoms with Crippen molar-refractivity contribution in [2.75, 3.05) is 0 Å². The summed E-state index contributed by atoms with van der Waals surface area (Å²) in [5.41, 5.74) is 0.926. The summed E-state index contributed by atoms with van der Waals surface area (Å²) in [5, 5.41) is 6.79. The second-order valence-corrected chi connectivity index (χ2v) is 7.94. The highest BCUT2D eigenvalue weighted by atomic mass is 35.5. The highest BCUT2D eigenvalue weighted by molar-refractivity contribution is 7.84. The normalized spacial score (nSPS) is 15.1. The molecule has 5 nitrogen and oxygen atoms in total. The molecule has 0 amide bonds. The van der Waals surface area contributed by atoms with E-state index in [1.807, 2.05) is 20.8 Å². The molecule has 2 aromatic rings. The monoisotopic (exact) mass is 327 g/mol. The molecule has 0 aromatic carbocycles. The molecular formula is C14H18ClN3O2S. The molecule has 2 heterocycles. The number of nitrogens with one attached hydrogen (secondary N) is 1. The number of pyridine rings is 2. The first-order chi connectivity index (χ1) is 9.70. The zero-order chi connectivity index (χ0) is 15.8. The lowest BCUT2D eigenvalue weighted by atomic mass is 9.92. The summed E-state index contributed by atoms with van der Waals surface area (Å²) >= 11 is 5.93. The minimum Gasteiger partial charge on any atom is -0.306 e. The van der Waals surface area contributed by atoms with Gasteiger partial charge in [0.2, 0.25) is 0 Å². The molecule has 7 heteroatoms. The fraction of sp³-hybridized carbons (Fsp3) is 0.429. The molecule has 21 heavy (non-hydrogen) atoms. The maximum atomic E-state index is 12.2. The van der Waals surface area contributed by atoms with Gasteiger partial charge in [-0.15, -0.1) is 0 Å². The van der Waals surface area contributed by atoms with E-state index in [-0.39, 0.29) is 11.5 Å². The van der Waals surface area contributed by atoms with E-state index in [4.69, 9.17) is 16.7 Å². The third kappa shape index (κ3) is 3.51. The molecule has 2 rings (SSSR count). The Morgan fingerprint density at radius 1 is 1.48 bits per heavy atom. The van der Waals surface area contributed by atoms with E-state index in [1.54, 1.807) is 12.1 Å². The Kier molecular flexibility index (Phi) is 4.51. The molecule has 0 bridgehead atoms. The minimum atomic E-state index is -1.45. The molecule has 0 radical (unpaired) electrons. The number of H-pyrrole nitrogens is 1. The zero-order valence-electron chi connectivity index (χ0n) is 12.1. The van der Waals surface area contributed by atoms with Gasteiger partial charge in [-0.05, 0) is 38.3 Å². The largest absolute Gasteiger partial charge is 0.306 e. The van der Waals surface area contributed by atoms with E-state index in [0.29, 0.717) is 22.7 Å². The lowest BCUT2D eigenvalue weighted by Gasteiger charge is -2.25. The van der Waals surface area contributed by atoms with E-state index in [1.165, 1.54) is 6.20 Å². The minimum absolute atomic E-state index is 0.0837. The second-order valence-electron chi connectivity index (χ2n) is 5.81. The average molecular weight is 328 g/mol. The number of fused-ring (bicyclic) bond motifs is 1. The van der Waals surface area contributed by atoms with Crippen LogP contribution in [0.25, 0.3) is 11.0 Å². The number of aromatic nitrogens is 2. The summed E-state index contributed by atoms with van der Waals surface area (Å²) in [5.74, 6) is -0.0837. The van der Waals surface area contributed by atoms with Gasteiger partial charge in [0.1, 0.15) is 5.65 Å². The molecule has 0 saturated heterocycles. The third-order valence-corrected chi connectivity index (χ3v) is 5.02. The molecule has 0 aliphatic heterocycles. The van der Waals surface area contributed by atoms with Crippen molar-refractivity contribution in [3.05, 3.63) is 39.3 Å². The van der Waals surface area contributed by atoms with Crippen LogP contribution >= 0.6 is 11.6 Å². The summed E-state index contributed by atoms with van der Waals surface area (Å²) < 4.78 is 11.0. The number of hydrogen-bond donors (Lipinski definition) is 2. The highest BCUT2D eigenvalue weighted by Crippen LogP contribution is 2.28. The van der Waals surface area contributed by atoms with Crippen molar-refractivity contribution in [3.8, 4) is 0 Å². The summed E-state index contributed by atoms with van der Waals surface area (Å²) in [6.45, 7) is 5.57. The maximum absolute atomic E-state index is 12.2. The second kappa shape index (κ2) is 5.87. The van der Waals surface area contributed by atoms with Crippen LogP contribution in [0.1, 0.15) is 38.7 Å². The first-order valence-corrected chi connectivity index (χ1v) is 8.14. The summed E-state index contributed by atoms with van der Waals surface area (Å²) in [6.07, 6.45) is 2.03. The Bertz CT molecular complexity index is 757. The first kappa shape index (κ1) is 16.1. The van der Waals surface area contributed by atoms with Crippen molar-refractivity contribution in [1.29, 1.82) is 0 Å². The van der Waals surface area contributed by atoms with Crippen LogP contribution in [0.5, 0.6) is 0 Å². The Morgan fingerprint density at radius 2 is 2.14 bits per heavy atom. The summed E-state index contributed by atoms with van der Waals surface area (Å²) in [7, 11) is -1.45. The number of halogens is 1. The molecule has 2 atom stereocenters. The van der Waals surface area contributed by atoms with Crippen molar-refractivity contribution >= 4 is 33.6 Å². The predicted molar refractivity (Wildman–Crippen MR) is 86.8 cm³/mol. The van der Waals surface area contributed by atoms with E-state index in [0.717, 1.165) is 5.39 Å². The van der Waals surface area contributed by atoms with Gasteiger partial charge in [0, 0.05) is 17.1 Å². The fourth-order valence-corrected chi connectivity index (χ4v) is 2.96. The van der Waals surface area contributed by atoms with E-state index in [9.17, 15) is 9.00 Å². The van der Waals surface area contributed by atoms with Crippen LogP contribution < -0.4 is 10.7 Å². The average Bonchev–Trinajstić information content (AvgIpc) is 2.37. The van der Waals surface area contributed by atoms with Crippen LogP contribution in [0.3, 0.4) is 0 Å². The quantitative estimate of drug-likeness (QED) is 0.904. The lowest BCUT2D eigenvalue weighted by molar-refractivity contribution is 0.538. The van der Waals surface area contributed by atoms with Gasteiger partial charge in [-0.1, -0.05) is 18.5 Å². The molecule has 0 fully saturated rings. The molecule has 0 aliphatic carbocycles. The number of rotatable bonds is 4. The van der Waals surface area contributed by atoms with E-state index < -0.39 is 15.7 Å². The van der Waals surface area contributed by atoms with Crippen molar-refractivity contribution in [2.45, 2.75) is 37.9 Å². The van der Waals surface area contributed by atoms with Gasteiger partial charge in [-0.25, -0.2) is 9.19 Å². The van der Waals surface area contributed by atoms with Crippen LogP contribution in [-0.2, 0) is 11.0 Å². The van der Waals surface area contributed by atoms with Crippen molar-refractivity contribution < 1.29 is 4.21 Å². The smallest absolute Gasteiger partial charge is 0.253 e. The van der Waals surface area contributed by atoms with Crippen LogP contribution in [0.4, 0.5) is 0 Å². The van der Waals surface area contributed by atoms with Crippen LogP contribution in [-0.4, -0.2) is 18.9 Å². The molecule has 114 valence electrons. The summed E-state index contributed by atoms with van der Waals surface area (Å²) in [6, 6.07) is 3.54. The molecule has 0 spiro atoms. The highest BCUT2D eigenvalue weighted by Gasteiger charge is 2.27. The first-order valence-electron chi connectivity index (χ1n) is 6.55. The number of nitrogens with two attached hydrogens (primary N) is 1. The molecule has 3 N–H and O–H groups in total. The maximum Gasteiger partial charge on any atom is 0.253 e.